The molecule has 0 radical (unpaired) electrons. The van der Waals surface area contributed by atoms with Crippen molar-refractivity contribution < 1.29 is 8.42 Å². The number of hydrogen-bond acceptors (Lipinski definition) is 3. The first-order chi connectivity index (χ1) is 4.93. The van der Waals surface area contributed by atoms with Gasteiger partial charge >= 0.3 is 0 Å². The average Bonchev–Trinajstić information content (AvgIpc) is 2.11. The van der Waals surface area contributed by atoms with Gasteiger partial charge in [-0.1, -0.05) is 11.6 Å². The van der Waals surface area contributed by atoms with Crippen LogP contribution in [0, 0.1) is 6.92 Å². The van der Waals surface area contributed by atoms with Crippen molar-refractivity contribution in [2.24, 2.45) is 0 Å². The van der Waals surface area contributed by atoms with Gasteiger partial charge in [0.05, 0.1) is 9.23 Å². The summed E-state index contributed by atoms with van der Waals surface area (Å²) in [7, 11) is 1.48. The standard InChI is InChI=1S/C5H4Cl2O2S2/c1-3-4(11(7,8)9)2-10-5(3)6/h2H,1H3. The normalized spacial score (nSPS) is 11.9. The van der Waals surface area contributed by atoms with E-state index < -0.39 is 9.05 Å². The Labute approximate surface area is 78.2 Å². The maximum absolute atomic E-state index is 10.8. The van der Waals surface area contributed by atoms with Gasteiger partial charge in [0.2, 0.25) is 0 Å². The molecule has 1 rings (SSSR count). The van der Waals surface area contributed by atoms with Crippen LogP contribution in [0.4, 0.5) is 0 Å². The molecule has 0 N–H and O–H groups in total. The van der Waals surface area contributed by atoms with E-state index >= 15 is 0 Å². The summed E-state index contributed by atoms with van der Waals surface area (Å²) in [5.41, 5.74) is 0.520. The van der Waals surface area contributed by atoms with Crippen molar-refractivity contribution in [1.29, 1.82) is 0 Å². The number of rotatable bonds is 1. The molecule has 0 amide bonds. The Hall–Kier alpha value is 0.230. The zero-order valence-electron chi connectivity index (χ0n) is 5.47. The summed E-state index contributed by atoms with van der Waals surface area (Å²) < 4.78 is 22.0. The maximum atomic E-state index is 10.8. The Morgan fingerprint density at radius 1 is 1.55 bits per heavy atom. The molecule has 0 fully saturated rings. The fourth-order valence-corrected chi connectivity index (χ4v) is 3.40. The molecule has 0 saturated heterocycles. The molecule has 62 valence electrons. The minimum atomic E-state index is -3.61. The summed E-state index contributed by atoms with van der Waals surface area (Å²) in [5, 5.41) is 1.43. The van der Waals surface area contributed by atoms with Crippen LogP contribution in [0.1, 0.15) is 5.56 Å². The van der Waals surface area contributed by atoms with E-state index in [2.05, 4.69) is 0 Å². The van der Waals surface area contributed by atoms with Gasteiger partial charge in [0, 0.05) is 16.1 Å². The van der Waals surface area contributed by atoms with Crippen LogP contribution in [0.2, 0.25) is 4.34 Å². The van der Waals surface area contributed by atoms with Gasteiger partial charge in [-0.25, -0.2) is 8.42 Å². The minimum Gasteiger partial charge on any atom is -0.207 e. The highest BCUT2D eigenvalue weighted by Gasteiger charge is 2.16. The largest absolute Gasteiger partial charge is 0.262 e. The maximum Gasteiger partial charge on any atom is 0.262 e. The molecule has 0 aliphatic heterocycles. The molecular formula is C5H4Cl2O2S2. The topological polar surface area (TPSA) is 34.1 Å². The lowest BCUT2D eigenvalue weighted by Gasteiger charge is -1.91. The zero-order valence-corrected chi connectivity index (χ0v) is 8.61. The molecule has 0 aliphatic rings. The zero-order chi connectivity index (χ0) is 8.65. The van der Waals surface area contributed by atoms with Crippen molar-refractivity contribution in [2.45, 2.75) is 11.8 Å². The van der Waals surface area contributed by atoms with Crippen LogP contribution in [0.15, 0.2) is 10.3 Å². The van der Waals surface area contributed by atoms with Crippen LogP contribution in [0.25, 0.3) is 0 Å². The van der Waals surface area contributed by atoms with Crippen molar-refractivity contribution in [1.82, 2.24) is 0 Å². The monoisotopic (exact) mass is 230 g/mol. The molecule has 11 heavy (non-hydrogen) atoms. The second-order valence-corrected chi connectivity index (χ2v) is 5.95. The highest BCUT2D eigenvalue weighted by atomic mass is 35.7. The summed E-state index contributed by atoms with van der Waals surface area (Å²) in [6.07, 6.45) is 0. The summed E-state index contributed by atoms with van der Waals surface area (Å²) in [6.45, 7) is 1.62. The molecule has 2 nitrogen and oxygen atoms in total. The van der Waals surface area contributed by atoms with Crippen molar-refractivity contribution in [3.8, 4) is 0 Å². The number of halogens is 2. The molecule has 1 aromatic heterocycles. The van der Waals surface area contributed by atoms with E-state index in [0.29, 0.717) is 9.90 Å². The molecule has 0 bridgehead atoms. The lowest BCUT2D eigenvalue weighted by molar-refractivity contribution is 0.609. The summed E-state index contributed by atoms with van der Waals surface area (Å²) in [4.78, 5) is 0.106. The Bertz CT molecular complexity index is 366. The molecule has 6 heteroatoms. The molecule has 1 aromatic rings. The highest BCUT2D eigenvalue weighted by molar-refractivity contribution is 8.13. The Balaban J connectivity index is 3.38. The molecule has 0 aliphatic carbocycles. The first kappa shape index (κ1) is 9.32. The summed E-state index contributed by atoms with van der Waals surface area (Å²) >= 11 is 6.79. The third-order valence-corrected chi connectivity index (χ3v) is 4.21. The van der Waals surface area contributed by atoms with Crippen LogP contribution in [0.3, 0.4) is 0 Å². The van der Waals surface area contributed by atoms with Crippen molar-refractivity contribution in [2.75, 3.05) is 0 Å². The van der Waals surface area contributed by atoms with Crippen molar-refractivity contribution in [3.05, 3.63) is 15.3 Å². The lowest BCUT2D eigenvalue weighted by Crippen LogP contribution is -1.89. The van der Waals surface area contributed by atoms with Crippen LogP contribution < -0.4 is 0 Å². The molecule has 1 heterocycles. The highest BCUT2D eigenvalue weighted by Crippen LogP contribution is 2.31. The predicted octanol–water partition coefficient (Wildman–Crippen LogP) is 2.64. The smallest absolute Gasteiger partial charge is 0.207 e. The van der Waals surface area contributed by atoms with Crippen LogP contribution in [-0.4, -0.2) is 8.42 Å². The Kier molecular flexibility index (Phi) is 2.49. The third kappa shape index (κ3) is 1.87. The summed E-state index contributed by atoms with van der Waals surface area (Å²) in [6, 6.07) is 0. The van der Waals surface area contributed by atoms with Crippen molar-refractivity contribution in [3.63, 3.8) is 0 Å². The molecule has 0 atom stereocenters. The minimum absolute atomic E-state index is 0.106. The van der Waals surface area contributed by atoms with E-state index in [9.17, 15) is 8.42 Å². The average molecular weight is 231 g/mol. The van der Waals surface area contributed by atoms with Gasteiger partial charge in [0.25, 0.3) is 9.05 Å². The quantitative estimate of drug-likeness (QED) is 0.696. The van der Waals surface area contributed by atoms with Crippen LogP contribution >= 0.6 is 33.6 Å². The molecule has 0 spiro atoms. The van der Waals surface area contributed by atoms with Gasteiger partial charge in [-0.3, -0.25) is 0 Å². The van der Waals surface area contributed by atoms with Gasteiger partial charge in [-0.2, -0.15) is 0 Å². The predicted molar refractivity (Wildman–Crippen MR) is 47.1 cm³/mol. The third-order valence-electron chi connectivity index (χ3n) is 1.20. The van der Waals surface area contributed by atoms with E-state index in [1.807, 2.05) is 0 Å². The van der Waals surface area contributed by atoms with Gasteiger partial charge in [-0.05, 0) is 12.5 Å². The van der Waals surface area contributed by atoms with Crippen molar-refractivity contribution >= 4 is 42.7 Å². The van der Waals surface area contributed by atoms with E-state index in [1.54, 1.807) is 6.92 Å². The first-order valence-corrected chi connectivity index (χ1v) is 6.18. The molecule has 0 unspecified atom stereocenters. The summed E-state index contributed by atoms with van der Waals surface area (Å²) in [5.74, 6) is 0. The lowest BCUT2D eigenvalue weighted by atomic mass is 10.4. The van der Waals surface area contributed by atoms with Gasteiger partial charge in [0.15, 0.2) is 0 Å². The van der Waals surface area contributed by atoms with E-state index in [1.165, 1.54) is 5.38 Å². The Morgan fingerprint density at radius 2 is 2.09 bits per heavy atom. The first-order valence-electron chi connectivity index (χ1n) is 2.61. The van der Waals surface area contributed by atoms with E-state index in [4.69, 9.17) is 22.3 Å². The molecule has 0 saturated carbocycles. The van der Waals surface area contributed by atoms with E-state index in [0.717, 1.165) is 11.3 Å². The number of hydrogen-bond donors (Lipinski definition) is 0. The fraction of sp³-hybridized carbons (Fsp3) is 0.200. The van der Waals surface area contributed by atoms with Gasteiger partial charge < -0.3 is 0 Å². The second-order valence-electron chi connectivity index (χ2n) is 1.94. The number of thiophene rings is 1. The van der Waals surface area contributed by atoms with Crippen LogP contribution in [-0.2, 0) is 9.05 Å². The van der Waals surface area contributed by atoms with Gasteiger partial charge in [-0.15, -0.1) is 11.3 Å². The van der Waals surface area contributed by atoms with Gasteiger partial charge in [0.1, 0.15) is 0 Å². The van der Waals surface area contributed by atoms with E-state index in [-0.39, 0.29) is 4.90 Å². The second kappa shape index (κ2) is 2.94. The Morgan fingerprint density at radius 3 is 2.27 bits per heavy atom. The van der Waals surface area contributed by atoms with Crippen LogP contribution in [0.5, 0.6) is 0 Å². The SMILES string of the molecule is Cc1c(S(=O)(=O)Cl)csc1Cl. The molecular weight excluding hydrogens is 227 g/mol. The fourth-order valence-electron chi connectivity index (χ4n) is 0.619. The molecule has 0 aromatic carbocycles.